The van der Waals surface area contributed by atoms with Gasteiger partial charge in [0, 0.05) is 12.3 Å². The van der Waals surface area contributed by atoms with Crippen LogP contribution in [0.4, 0.5) is 5.13 Å². The van der Waals surface area contributed by atoms with Crippen LogP contribution >= 0.6 is 23.7 Å². The highest BCUT2D eigenvalue weighted by Crippen LogP contribution is 2.22. The van der Waals surface area contributed by atoms with Gasteiger partial charge < -0.3 is 10.6 Å². The molecule has 2 heterocycles. The Bertz CT molecular complexity index is 654. The second-order valence-corrected chi connectivity index (χ2v) is 6.92. The third-order valence-corrected chi connectivity index (χ3v) is 4.95. The van der Waals surface area contributed by atoms with Crippen LogP contribution in [0, 0.1) is 18.8 Å². The monoisotopic (exact) mass is 352 g/mol. The average molecular weight is 353 g/mol. The number of carbonyl (C=O) groups is 1. The molecule has 1 fully saturated rings. The molecular weight excluding hydrogens is 332 g/mol. The Hall–Kier alpha value is -1.50. The molecule has 0 spiro atoms. The molecule has 7 heteroatoms. The van der Waals surface area contributed by atoms with Gasteiger partial charge in [0.05, 0.1) is 0 Å². The number of amides is 1. The quantitative estimate of drug-likeness (QED) is 0.868. The summed E-state index contributed by atoms with van der Waals surface area (Å²) < 4.78 is 0. The highest BCUT2D eigenvalue weighted by atomic mass is 35.5. The maximum Gasteiger partial charge on any atom is 0.229 e. The van der Waals surface area contributed by atoms with E-state index in [1.165, 1.54) is 22.5 Å². The molecule has 3 rings (SSSR count). The van der Waals surface area contributed by atoms with Crippen molar-refractivity contribution in [1.82, 2.24) is 15.5 Å². The Kier molecular flexibility index (Phi) is 6.10. The highest BCUT2D eigenvalue weighted by molar-refractivity contribution is 7.15. The fourth-order valence-corrected chi connectivity index (χ4v) is 3.13. The van der Waals surface area contributed by atoms with Crippen molar-refractivity contribution in [2.75, 3.05) is 18.4 Å². The minimum atomic E-state index is 0. The van der Waals surface area contributed by atoms with Crippen molar-refractivity contribution in [2.45, 2.75) is 20.3 Å². The van der Waals surface area contributed by atoms with Crippen LogP contribution < -0.4 is 10.6 Å². The third kappa shape index (κ3) is 4.50. The van der Waals surface area contributed by atoms with Crippen LogP contribution in [0.15, 0.2) is 24.3 Å². The van der Waals surface area contributed by atoms with Crippen LogP contribution in [-0.4, -0.2) is 29.2 Å². The van der Waals surface area contributed by atoms with Gasteiger partial charge in [-0.15, -0.1) is 22.6 Å². The first-order chi connectivity index (χ1) is 10.6. The molecule has 0 bridgehead atoms. The van der Waals surface area contributed by atoms with Crippen molar-refractivity contribution in [3.63, 3.8) is 0 Å². The molecule has 0 saturated carbocycles. The summed E-state index contributed by atoms with van der Waals surface area (Å²) in [6, 6.07) is 8.38. The number of nitrogens with zero attached hydrogens (tertiary/aromatic N) is 2. The predicted molar refractivity (Wildman–Crippen MR) is 95.3 cm³/mol. The zero-order valence-corrected chi connectivity index (χ0v) is 14.8. The van der Waals surface area contributed by atoms with Gasteiger partial charge in [0.25, 0.3) is 0 Å². The second kappa shape index (κ2) is 7.86. The number of aryl methyl sites for hydroxylation is 1. The van der Waals surface area contributed by atoms with Crippen LogP contribution in [0.25, 0.3) is 0 Å². The maximum atomic E-state index is 12.2. The number of anilines is 1. The Morgan fingerprint density at radius 2 is 2.04 bits per heavy atom. The molecule has 23 heavy (non-hydrogen) atoms. The number of carbonyl (C=O) groups excluding carboxylic acids is 1. The van der Waals surface area contributed by atoms with Crippen molar-refractivity contribution in [3.8, 4) is 0 Å². The average Bonchev–Trinajstić information content (AvgIpc) is 2.86. The number of halogens is 1. The number of rotatable bonds is 5. The summed E-state index contributed by atoms with van der Waals surface area (Å²) in [5, 5.41) is 15.8. The fraction of sp³-hybridized carbons (Fsp3) is 0.438. The van der Waals surface area contributed by atoms with Crippen LogP contribution in [0.2, 0.25) is 0 Å². The third-order valence-electron chi connectivity index (χ3n) is 4.11. The number of hydrogen-bond donors (Lipinski definition) is 2. The van der Waals surface area contributed by atoms with E-state index in [9.17, 15) is 4.79 Å². The summed E-state index contributed by atoms with van der Waals surface area (Å²) in [6.07, 6.45) is 0.746. The first-order valence-corrected chi connectivity index (χ1v) is 8.33. The van der Waals surface area contributed by atoms with Crippen molar-refractivity contribution >= 4 is 34.8 Å². The SMILES string of the molecule is Cc1ccc(Cc2nnc(NC(=O)C(C)C3CNC3)s2)cc1.Cl. The van der Waals surface area contributed by atoms with E-state index in [0.29, 0.717) is 11.0 Å². The van der Waals surface area contributed by atoms with E-state index in [-0.39, 0.29) is 24.2 Å². The topological polar surface area (TPSA) is 66.9 Å². The first-order valence-electron chi connectivity index (χ1n) is 7.51. The lowest BCUT2D eigenvalue weighted by Crippen LogP contribution is -2.48. The standard InChI is InChI=1S/C16H20N4OS.ClH/c1-10-3-5-12(6-4-10)7-14-19-20-16(22-14)18-15(21)11(2)13-8-17-9-13;/h3-6,11,13,17H,7-9H2,1-2H3,(H,18,20,21);1H. The van der Waals surface area contributed by atoms with Crippen LogP contribution in [0.1, 0.15) is 23.1 Å². The lowest BCUT2D eigenvalue weighted by molar-refractivity contribution is -0.121. The molecule has 2 N–H and O–H groups in total. The van der Waals surface area contributed by atoms with E-state index >= 15 is 0 Å². The van der Waals surface area contributed by atoms with Crippen LogP contribution in [0.3, 0.4) is 0 Å². The smallest absolute Gasteiger partial charge is 0.229 e. The molecule has 1 unspecified atom stereocenters. The number of nitrogens with one attached hydrogen (secondary N) is 2. The van der Waals surface area contributed by atoms with Crippen LogP contribution in [-0.2, 0) is 11.2 Å². The maximum absolute atomic E-state index is 12.2. The molecule has 0 aliphatic carbocycles. The summed E-state index contributed by atoms with van der Waals surface area (Å²) in [5.41, 5.74) is 2.45. The van der Waals surface area contributed by atoms with Crippen molar-refractivity contribution in [1.29, 1.82) is 0 Å². The van der Waals surface area contributed by atoms with Gasteiger partial charge in [0.15, 0.2) is 0 Å². The molecule has 124 valence electrons. The summed E-state index contributed by atoms with van der Waals surface area (Å²) in [7, 11) is 0. The Morgan fingerprint density at radius 1 is 1.35 bits per heavy atom. The van der Waals surface area contributed by atoms with Gasteiger partial charge in [-0.2, -0.15) is 0 Å². The molecule has 1 amide bonds. The fourth-order valence-electron chi connectivity index (χ4n) is 2.35. The molecular formula is C16H21ClN4OS. The lowest BCUT2D eigenvalue weighted by Gasteiger charge is -2.31. The van der Waals surface area contributed by atoms with Crippen molar-refractivity contribution in [3.05, 3.63) is 40.4 Å². The predicted octanol–water partition coefficient (Wildman–Crippen LogP) is 2.65. The molecule has 1 aliphatic rings. The normalized spacial score (nSPS) is 15.4. The summed E-state index contributed by atoms with van der Waals surface area (Å²) >= 11 is 1.45. The van der Waals surface area contributed by atoms with Gasteiger partial charge >= 0.3 is 0 Å². The number of benzene rings is 1. The van der Waals surface area contributed by atoms with E-state index in [4.69, 9.17) is 0 Å². The summed E-state index contributed by atoms with van der Waals surface area (Å²) in [4.78, 5) is 12.2. The molecule has 2 aromatic rings. The van der Waals surface area contributed by atoms with Crippen LogP contribution in [0.5, 0.6) is 0 Å². The van der Waals surface area contributed by atoms with E-state index in [0.717, 1.165) is 24.5 Å². The molecule has 1 aromatic carbocycles. The highest BCUT2D eigenvalue weighted by Gasteiger charge is 2.29. The van der Waals surface area contributed by atoms with E-state index < -0.39 is 0 Å². The molecule has 1 saturated heterocycles. The van der Waals surface area contributed by atoms with Gasteiger partial charge in [-0.3, -0.25) is 4.79 Å². The van der Waals surface area contributed by atoms with E-state index in [1.807, 2.05) is 6.92 Å². The van der Waals surface area contributed by atoms with Gasteiger partial charge in [0.2, 0.25) is 11.0 Å². The Labute approximate surface area is 146 Å². The molecule has 5 nitrogen and oxygen atoms in total. The number of hydrogen-bond acceptors (Lipinski definition) is 5. The van der Waals surface area contributed by atoms with Gasteiger partial charge in [-0.25, -0.2) is 0 Å². The van der Waals surface area contributed by atoms with Crippen molar-refractivity contribution in [2.24, 2.45) is 11.8 Å². The van der Waals surface area contributed by atoms with Gasteiger partial charge in [-0.1, -0.05) is 48.1 Å². The van der Waals surface area contributed by atoms with E-state index in [2.05, 4.69) is 52.0 Å². The largest absolute Gasteiger partial charge is 0.316 e. The minimum Gasteiger partial charge on any atom is -0.316 e. The van der Waals surface area contributed by atoms with Gasteiger partial charge in [-0.05, 0) is 31.5 Å². The van der Waals surface area contributed by atoms with Gasteiger partial charge in [0.1, 0.15) is 5.01 Å². The summed E-state index contributed by atoms with van der Waals surface area (Å²) in [5.74, 6) is 0.468. The Morgan fingerprint density at radius 3 is 2.65 bits per heavy atom. The lowest BCUT2D eigenvalue weighted by atomic mass is 9.88. The molecule has 1 aliphatic heterocycles. The van der Waals surface area contributed by atoms with Crippen molar-refractivity contribution < 1.29 is 4.79 Å². The minimum absolute atomic E-state index is 0. The summed E-state index contributed by atoms with van der Waals surface area (Å²) in [6.45, 7) is 5.88. The molecule has 0 radical (unpaired) electrons. The zero-order chi connectivity index (χ0) is 15.5. The number of aromatic nitrogens is 2. The Balaban J connectivity index is 0.00000192. The van der Waals surface area contributed by atoms with E-state index in [1.54, 1.807) is 0 Å². The molecule has 1 aromatic heterocycles. The second-order valence-electron chi connectivity index (χ2n) is 5.86. The molecule has 1 atom stereocenters. The zero-order valence-electron chi connectivity index (χ0n) is 13.2. The first kappa shape index (κ1) is 17.8.